The predicted molar refractivity (Wildman–Crippen MR) is 78.5 cm³/mol. The Balaban J connectivity index is 1.88. The van der Waals surface area contributed by atoms with Gasteiger partial charge in [0.15, 0.2) is 0 Å². The summed E-state index contributed by atoms with van der Waals surface area (Å²) in [6.45, 7) is 2.02. The highest BCUT2D eigenvalue weighted by Crippen LogP contribution is 2.41. The van der Waals surface area contributed by atoms with Crippen molar-refractivity contribution in [3.8, 4) is 0 Å². The number of anilines is 1. The van der Waals surface area contributed by atoms with Crippen molar-refractivity contribution in [2.45, 2.75) is 19.4 Å². The summed E-state index contributed by atoms with van der Waals surface area (Å²) >= 11 is 0. The number of Topliss-reactive ketones (excluding diaryl/α,β-unsaturated/α-hetero) is 1. The molecule has 0 radical (unpaired) electrons. The van der Waals surface area contributed by atoms with Gasteiger partial charge in [-0.25, -0.2) is 9.07 Å². The molecule has 112 valence electrons. The first-order valence-electron chi connectivity index (χ1n) is 7.30. The molecule has 2 aliphatic rings. The summed E-state index contributed by atoms with van der Waals surface area (Å²) in [6, 6.07) is 5.95. The second-order valence-electron chi connectivity index (χ2n) is 5.90. The van der Waals surface area contributed by atoms with Crippen LogP contribution in [-0.4, -0.2) is 20.5 Å². The van der Waals surface area contributed by atoms with Crippen molar-refractivity contribution in [2.24, 2.45) is 11.8 Å². The molecule has 4 rings (SSSR count). The van der Waals surface area contributed by atoms with Crippen LogP contribution in [0, 0.1) is 17.7 Å². The van der Waals surface area contributed by atoms with E-state index in [9.17, 15) is 9.18 Å². The average Bonchev–Trinajstić information content (AvgIpc) is 2.93. The predicted octanol–water partition coefficient (Wildman–Crippen LogP) is 2.54. The lowest BCUT2D eigenvalue weighted by Crippen LogP contribution is -2.40. The number of allylic oxidation sites excluding steroid dienone is 2. The molecule has 2 aromatic rings. The minimum atomic E-state index is -0.323. The maximum Gasteiger partial charge on any atom is 0.226 e. The number of nitrogens with zero attached hydrogens (tertiary/aromatic N) is 3. The zero-order valence-corrected chi connectivity index (χ0v) is 12.0. The third kappa shape index (κ3) is 1.94. The highest BCUT2D eigenvalue weighted by molar-refractivity contribution is 5.87. The summed E-state index contributed by atoms with van der Waals surface area (Å²) in [5.41, 5.74) is 1.73. The summed E-state index contributed by atoms with van der Waals surface area (Å²) < 4.78 is 14.9. The molecule has 0 saturated carbocycles. The van der Waals surface area contributed by atoms with Gasteiger partial charge in [0.1, 0.15) is 17.9 Å². The SMILES string of the molecule is C[C@H]1C=C2Nc3ncnn3[C@H](c3ccc(F)cc3)[C@H]2C(=O)C1. The van der Waals surface area contributed by atoms with Crippen LogP contribution in [0.2, 0.25) is 0 Å². The average molecular weight is 298 g/mol. The van der Waals surface area contributed by atoms with Gasteiger partial charge in [-0.05, 0) is 23.6 Å². The Morgan fingerprint density at radius 3 is 2.86 bits per heavy atom. The molecular formula is C16H15FN4O. The van der Waals surface area contributed by atoms with Gasteiger partial charge in [0.25, 0.3) is 0 Å². The van der Waals surface area contributed by atoms with Crippen LogP contribution in [0.15, 0.2) is 42.4 Å². The van der Waals surface area contributed by atoms with Crippen molar-refractivity contribution in [1.82, 2.24) is 14.8 Å². The highest BCUT2D eigenvalue weighted by atomic mass is 19.1. The molecule has 1 aliphatic carbocycles. The van der Waals surface area contributed by atoms with E-state index < -0.39 is 0 Å². The van der Waals surface area contributed by atoms with Crippen LogP contribution in [-0.2, 0) is 4.79 Å². The van der Waals surface area contributed by atoms with E-state index in [1.54, 1.807) is 16.8 Å². The van der Waals surface area contributed by atoms with Gasteiger partial charge in [-0.1, -0.05) is 25.1 Å². The lowest BCUT2D eigenvalue weighted by Gasteiger charge is -2.37. The molecule has 2 heterocycles. The van der Waals surface area contributed by atoms with Crippen molar-refractivity contribution in [1.29, 1.82) is 0 Å². The maximum atomic E-state index is 13.2. The van der Waals surface area contributed by atoms with Crippen molar-refractivity contribution in [2.75, 3.05) is 5.32 Å². The monoisotopic (exact) mass is 298 g/mol. The van der Waals surface area contributed by atoms with Gasteiger partial charge in [-0.15, -0.1) is 0 Å². The van der Waals surface area contributed by atoms with Crippen LogP contribution >= 0.6 is 0 Å². The fourth-order valence-corrected chi connectivity index (χ4v) is 3.36. The lowest BCUT2D eigenvalue weighted by atomic mass is 9.78. The molecule has 0 bridgehead atoms. The highest BCUT2D eigenvalue weighted by Gasteiger charge is 2.42. The van der Waals surface area contributed by atoms with E-state index in [-0.39, 0.29) is 29.5 Å². The normalized spacial score (nSPS) is 26.7. The summed E-state index contributed by atoms with van der Waals surface area (Å²) in [6.07, 6.45) is 4.06. The van der Waals surface area contributed by atoms with Gasteiger partial charge >= 0.3 is 0 Å². The number of hydrogen-bond donors (Lipinski definition) is 1. The van der Waals surface area contributed by atoms with Gasteiger partial charge in [0, 0.05) is 12.1 Å². The molecule has 1 N–H and O–H groups in total. The molecule has 1 aromatic heterocycles. The van der Waals surface area contributed by atoms with Crippen molar-refractivity contribution in [3.05, 3.63) is 53.7 Å². The van der Waals surface area contributed by atoms with Crippen LogP contribution in [0.3, 0.4) is 0 Å². The maximum absolute atomic E-state index is 13.2. The third-order valence-electron chi connectivity index (χ3n) is 4.29. The summed E-state index contributed by atoms with van der Waals surface area (Å²) in [4.78, 5) is 16.8. The van der Waals surface area contributed by atoms with Crippen molar-refractivity contribution < 1.29 is 9.18 Å². The largest absolute Gasteiger partial charge is 0.328 e. The van der Waals surface area contributed by atoms with E-state index in [0.29, 0.717) is 12.4 Å². The number of carbonyl (C=O) groups excluding carboxylic acids is 1. The van der Waals surface area contributed by atoms with Gasteiger partial charge < -0.3 is 5.32 Å². The quantitative estimate of drug-likeness (QED) is 0.879. The second-order valence-corrected chi connectivity index (χ2v) is 5.90. The van der Waals surface area contributed by atoms with Crippen molar-refractivity contribution >= 4 is 11.7 Å². The molecule has 0 fully saturated rings. The number of carbonyl (C=O) groups is 1. The van der Waals surface area contributed by atoms with Gasteiger partial charge in [0.2, 0.25) is 5.95 Å². The fraction of sp³-hybridized carbons (Fsp3) is 0.312. The Labute approximate surface area is 126 Å². The van der Waals surface area contributed by atoms with Crippen LogP contribution in [0.5, 0.6) is 0 Å². The van der Waals surface area contributed by atoms with E-state index in [4.69, 9.17) is 0 Å². The summed E-state index contributed by atoms with van der Waals surface area (Å²) in [5, 5.41) is 7.46. The smallest absolute Gasteiger partial charge is 0.226 e. The molecule has 0 saturated heterocycles. The molecule has 0 unspecified atom stereocenters. The van der Waals surface area contributed by atoms with Gasteiger partial charge in [0.05, 0.1) is 12.0 Å². The summed E-state index contributed by atoms with van der Waals surface area (Å²) in [5.74, 6) is 0.369. The zero-order chi connectivity index (χ0) is 15.3. The molecule has 3 atom stereocenters. The number of fused-ring (bicyclic) bond motifs is 2. The Hall–Kier alpha value is -2.50. The van der Waals surface area contributed by atoms with E-state index in [1.165, 1.54) is 18.5 Å². The first kappa shape index (κ1) is 13.2. The lowest BCUT2D eigenvalue weighted by molar-refractivity contribution is -0.123. The first-order valence-corrected chi connectivity index (χ1v) is 7.30. The first-order chi connectivity index (χ1) is 10.6. The number of benzene rings is 1. The number of hydrogen-bond acceptors (Lipinski definition) is 4. The molecule has 6 heteroatoms. The van der Waals surface area contributed by atoms with E-state index in [1.807, 2.05) is 6.92 Å². The molecule has 1 aromatic carbocycles. The van der Waals surface area contributed by atoms with E-state index in [2.05, 4.69) is 21.5 Å². The number of aromatic nitrogens is 3. The zero-order valence-electron chi connectivity index (χ0n) is 12.0. The molecule has 0 spiro atoms. The molecule has 22 heavy (non-hydrogen) atoms. The Morgan fingerprint density at radius 1 is 1.32 bits per heavy atom. The summed E-state index contributed by atoms with van der Waals surface area (Å²) in [7, 11) is 0. The van der Waals surface area contributed by atoms with Gasteiger partial charge in [-0.2, -0.15) is 10.1 Å². The minimum Gasteiger partial charge on any atom is -0.328 e. The van der Waals surface area contributed by atoms with Crippen LogP contribution in [0.25, 0.3) is 0 Å². The topological polar surface area (TPSA) is 59.8 Å². The van der Waals surface area contributed by atoms with E-state index in [0.717, 1.165) is 11.3 Å². The Bertz CT molecular complexity index is 765. The van der Waals surface area contributed by atoms with Crippen molar-refractivity contribution in [3.63, 3.8) is 0 Å². The second kappa shape index (κ2) is 4.76. The number of rotatable bonds is 1. The Kier molecular flexibility index (Phi) is 2.85. The fourth-order valence-electron chi connectivity index (χ4n) is 3.36. The molecular weight excluding hydrogens is 283 g/mol. The molecule has 1 aliphatic heterocycles. The van der Waals surface area contributed by atoms with Crippen LogP contribution in [0.4, 0.5) is 10.3 Å². The minimum absolute atomic E-state index is 0.174. The van der Waals surface area contributed by atoms with Crippen LogP contribution < -0.4 is 5.32 Å². The molecule has 0 amide bonds. The molecule has 5 nitrogen and oxygen atoms in total. The van der Waals surface area contributed by atoms with Crippen LogP contribution in [0.1, 0.15) is 24.9 Å². The van der Waals surface area contributed by atoms with Gasteiger partial charge in [-0.3, -0.25) is 4.79 Å². The third-order valence-corrected chi connectivity index (χ3v) is 4.29. The number of ketones is 1. The standard InChI is InChI=1S/C16H15FN4O/c1-9-6-12-14(13(22)7-9)15(10-2-4-11(17)5-3-10)21-16(20-12)18-8-19-21/h2-6,8-9,14-15H,7H2,1H3,(H,18,19,20)/t9-,14+,15+/m0/s1. The number of halogens is 1. The number of nitrogens with one attached hydrogen (secondary N) is 1. The van der Waals surface area contributed by atoms with E-state index >= 15 is 0 Å². The Morgan fingerprint density at radius 2 is 2.09 bits per heavy atom.